The number of carbonyl (C=O) groups is 1. The van der Waals surface area contributed by atoms with Crippen molar-refractivity contribution in [3.05, 3.63) is 24.3 Å². The SMILES string of the molecule is CN1CCN(C(=O)C2CC2)c2ccccc21. The highest BCUT2D eigenvalue weighted by Gasteiger charge is 2.36. The predicted molar refractivity (Wildman–Crippen MR) is 64.8 cm³/mol. The van der Waals surface area contributed by atoms with Gasteiger partial charge in [0.05, 0.1) is 11.4 Å². The number of amides is 1. The summed E-state index contributed by atoms with van der Waals surface area (Å²) in [4.78, 5) is 16.3. The van der Waals surface area contributed by atoms with Gasteiger partial charge >= 0.3 is 0 Å². The molecule has 0 unspecified atom stereocenters. The number of hydrogen-bond acceptors (Lipinski definition) is 2. The van der Waals surface area contributed by atoms with E-state index in [1.165, 1.54) is 5.69 Å². The fourth-order valence-electron chi connectivity index (χ4n) is 2.29. The van der Waals surface area contributed by atoms with E-state index in [0.29, 0.717) is 11.8 Å². The second-order valence-electron chi connectivity index (χ2n) is 4.67. The first-order chi connectivity index (χ1) is 7.77. The van der Waals surface area contributed by atoms with Crippen LogP contribution in [0, 0.1) is 5.92 Å². The Balaban J connectivity index is 1.97. The number of rotatable bonds is 1. The molecule has 1 heterocycles. The highest BCUT2D eigenvalue weighted by molar-refractivity contribution is 6.00. The topological polar surface area (TPSA) is 23.6 Å². The molecule has 1 fully saturated rings. The molecule has 1 aliphatic carbocycles. The van der Waals surface area contributed by atoms with Crippen LogP contribution in [0.5, 0.6) is 0 Å². The first-order valence-corrected chi connectivity index (χ1v) is 5.89. The van der Waals surface area contributed by atoms with Crippen molar-refractivity contribution < 1.29 is 4.79 Å². The largest absolute Gasteiger partial charge is 0.371 e. The molecule has 3 nitrogen and oxygen atoms in total. The van der Waals surface area contributed by atoms with E-state index in [-0.39, 0.29) is 0 Å². The van der Waals surface area contributed by atoms with Gasteiger partial charge in [-0.3, -0.25) is 4.79 Å². The summed E-state index contributed by atoms with van der Waals surface area (Å²) in [5.41, 5.74) is 2.25. The average Bonchev–Trinajstić information content (AvgIpc) is 3.13. The maximum absolute atomic E-state index is 12.1. The van der Waals surface area contributed by atoms with Crippen LogP contribution in [0.3, 0.4) is 0 Å². The van der Waals surface area contributed by atoms with Crippen molar-refractivity contribution in [1.82, 2.24) is 0 Å². The number of para-hydroxylation sites is 2. The van der Waals surface area contributed by atoms with Crippen LogP contribution in [0.25, 0.3) is 0 Å². The molecule has 1 aromatic rings. The summed E-state index contributed by atoms with van der Waals surface area (Å²) in [7, 11) is 2.08. The standard InChI is InChI=1S/C13H16N2O/c1-14-8-9-15(13(16)10-6-7-10)12-5-3-2-4-11(12)14/h2-5,10H,6-9H2,1H3. The zero-order valence-electron chi connectivity index (χ0n) is 9.52. The summed E-state index contributed by atoms with van der Waals surface area (Å²) in [6, 6.07) is 8.17. The Bertz CT molecular complexity index is 426. The number of nitrogens with zero attached hydrogens (tertiary/aromatic N) is 2. The minimum Gasteiger partial charge on any atom is -0.371 e. The fourth-order valence-corrected chi connectivity index (χ4v) is 2.29. The number of hydrogen-bond donors (Lipinski definition) is 0. The predicted octanol–water partition coefficient (Wildman–Crippen LogP) is 1.88. The summed E-state index contributed by atoms with van der Waals surface area (Å²) in [6.07, 6.45) is 2.15. The molecule has 1 aliphatic heterocycles. The van der Waals surface area contributed by atoms with E-state index < -0.39 is 0 Å². The van der Waals surface area contributed by atoms with Crippen LogP contribution in [-0.2, 0) is 4.79 Å². The Morgan fingerprint density at radius 1 is 1.19 bits per heavy atom. The first kappa shape index (κ1) is 9.70. The molecular weight excluding hydrogens is 200 g/mol. The smallest absolute Gasteiger partial charge is 0.230 e. The number of benzene rings is 1. The molecular formula is C13H16N2O. The average molecular weight is 216 g/mol. The van der Waals surface area contributed by atoms with E-state index in [1.807, 2.05) is 23.1 Å². The van der Waals surface area contributed by atoms with Crippen molar-refractivity contribution in [2.24, 2.45) is 5.92 Å². The molecule has 0 saturated heterocycles. The van der Waals surface area contributed by atoms with Gasteiger partial charge in [-0.25, -0.2) is 0 Å². The highest BCUT2D eigenvalue weighted by atomic mass is 16.2. The van der Waals surface area contributed by atoms with Crippen molar-refractivity contribution in [3.8, 4) is 0 Å². The lowest BCUT2D eigenvalue weighted by molar-refractivity contribution is -0.119. The minimum atomic E-state index is 0.302. The second kappa shape index (κ2) is 3.51. The van der Waals surface area contributed by atoms with Gasteiger partial charge in [-0.05, 0) is 25.0 Å². The Morgan fingerprint density at radius 2 is 1.88 bits per heavy atom. The summed E-state index contributed by atoms with van der Waals surface area (Å²) in [6.45, 7) is 1.75. The minimum absolute atomic E-state index is 0.302. The summed E-state index contributed by atoms with van der Waals surface area (Å²) >= 11 is 0. The van der Waals surface area contributed by atoms with Crippen LogP contribution in [0.4, 0.5) is 11.4 Å². The van der Waals surface area contributed by atoms with Crippen molar-refractivity contribution in [1.29, 1.82) is 0 Å². The lowest BCUT2D eigenvalue weighted by atomic mass is 10.1. The van der Waals surface area contributed by atoms with E-state index in [1.54, 1.807) is 0 Å². The van der Waals surface area contributed by atoms with E-state index in [9.17, 15) is 4.79 Å². The molecule has 3 heteroatoms. The van der Waals surface area contributed by atoms with E-state index >= 15 is 0 Å². The fraction of sp³-hybridized carbons (Fsp3) is 0.462. The van der Waals surface area contributed by atoms with Gasteiger partial charge in [0.2, 0.25) is 5.91 Å². The molecule has 1 amide bonds. The quantitative estimate of drug-likeness (QED) is 0.715. The molecule has 0 spiro atoms. The van der Waals surface area contributed by atoms with Crippen LogP contribution in [0.2, 0.25) is 0 Å². The van der Waals surface area contributed by atoms with E-state index in [4.69, 9.17) is 0 Å². The van der Waals surface area contributed by atoms with Crippen molar-refractivity contribution in [3.63, 3.8) is 0 Å². The Hall–Kier alpha value is -1.51. The van der Waals surface area contributed by atoms with Crippen LogP contribution in [0.15, 0.2) is 24.3 Å². The molecule has 0 atom stereocenters. The van der Waals surface area contributed by atoms with Crippen molar-refractivity contribution >= 4 is 17.3 Å². The Morgan fingerprint density at radius 3 is 2.56 bits per heavy atom. The van der Waals surface area contributed by atoms with Crippen LogP contribution >= 0.6 is 0 Å². The number of likely N-dealkylation sites (N-methyl/N-ethyl adjacent to an activating group) is 1. The van der Waals surface area contributed by atoms with Gasteiger partial charge in [-0.2, -0.15) is 0 Å². The molecule has 1 aromatic carbocycles. The van der Waals surface area contributed by atoms with E-state index in [2.05, 4.69) is 18.0 Å². The maximum Gasteiger partial charge on any atom is 0.230 e. The Kier molecular flexibility index (Phi) is 2.13. The molecule has 0 N–H and O–H groups in total. The van der Waals surface area contributed by atoms with Crippen molar-refractivity contribution in [2.75, 3.05) is 29.9 Å². The molecule has 1 saturated carbocycles. The molecule has 0 aromatic heterocycles. The number of fused-ring (bicyclic) bond motifs is 1. The van der Waals surface area contributed by atoms with Gasteiger partial charge in [0, 0.05) is 26.1 Å². The number of carbonyl (C=O) groups excluding carboxylic acids is 1. The van der Waals surface area contributed by atoms with Gasteiger partial charge < -0.3 is 9.80 Å². The molecule has 84 valence electrons. The van der Waals surface area contributed by atoms with Crippen LogP contribution in [0.1, 0.15) is 12.8 Å². The zero-order chi connectivity index (χ0) is 11.1. The van der Waals surface area contributed by atoms with Gasteiger partial charge in [-0.15, -0.1) is 0 Å². The van der Waals surface area contributed by atoms with Crippen molar-refractivity contribution in [2.45, 2.75) is 12.8 Å². The molecule has 2 aliphatic rings. The normalized spacial score (nSPS) is 19.6. The zero-order valence-corrected chi connectivity index (χ0v) is 9.52. The highest BCUT2D eigenvalue weighted by Crippen LogP contribution is 2.37. The van der Waals surface area contributed by atoms with Gasteiger partial charge in [0.25, 0.3) is 0 Å². The third-order valence-electron chi connectivity index (χ3n) is 3.44. The molecule has 3 rings (SSSR count). The monoisotopic (exact) mass is 216 g/mol. The van der Waals surface area contributed by atoms with Crippen LogP contribution < -0.4 is 9.80 Å². The number of anilines is 2. The Labute approximate surface area is 95.7 Å². The molecule has 16 heavy (non-hydrogen) atoms. The maximum atomic E-state index is 12.1. The van der Waals surface area contributed by atoms with Gasteiger partial charge in [0.1, 0.15) is 0 Å². The summed E-state index contributed by atoms with van der Waals surface area (Å²) < 4.78 is 0. The molecule has 0 bridgehead atoms. The van der Waals surface area contributed by atoms with E-state index in [0.717, 1.165) is 31.6 Å². The second-order valence-corrected chi connectivity index (χ2v) is 4.67. The van der Waals surface area contributed by atoms with Crippen LogP contribution in [-0.4, -0.2) is 26.0 Å². The lowest BCUT2D eigenvalue weighted by Crippen LogP contribution is -2.43. The first-order valence-electron chi connectivity index (χ1n) is 5.89. The van der Waals surface area contributed by atoms with Gasteiger partial charge in [-0.1, -0.05) is 12.1 Å². The summed E-state index contributed by atoms with van der Waals surface area (Å²) in [5, 5.41) is 0. The lowest BCUT2D eigenvalue weighted by Gasteiger charge is -2.35. The molecule has 0 radical (unpaired) electrons. The third kappa shape index (κ3) is 1.47. The summed E-state index contributed by atoms with van der Waals surface area (Å²) in [5.74, 6) is 0.622. The van der Waals surface area contributed by atoms with Gasteiger partial charge in [0.15, 0.2) is 0 Å². The third-order valence-corrected chi connectivity index (χ3v) is 3.44.